The highest BCUT2D eigenvalue weighted by atomic mass is 79.9. The molecule has 1 aromatic carbocycles. The smallest absolute Gasteiger partial charge is 0.119 e. The van der Waals surface area contributed by atoms with Crippen molar-refractivity contribution in [1.29, 1.82) is 0 Å². The summed E-state index contributed by atoms with van der Waals surface area (Å²) >= 11 is 3.40. The SMILES string of the molecule is C[C@@H]1CC[C@@H]1COc1ccc(Br)cc1. The van der Waals surface area contributed by atoms with Gasteiger partial charge in [-0.3, -0.25) is 0 Å². The van der Waals surface area contributed by atoms with Crippen molar-refractivity contribution in [3.05, 3.63) is 28.7 Å². The maximum absolute atomic E-state index is 5.71. The summed E-state index contributed by atoms with van der Waals surface area (Å²) < 4.78 is 6.81. The van der Waals surface area contributed by atoms with Crippen LogP contribution in [-0.2, 0) is 0 Å². The molecule has 1 aliphatic rings. The molecule has 1 aliphatic carbocycles. The van der Waals surface area contributed by atoms with Gasteiger partial charge in [0.1, 0.15) is 5.75 Å². The lowest BCUT2D eigenvalue weighted by Gasteiger charge is -2.33. The predicted molar refractivity (Wildman–Crippen MR) is 61.5 cm³/mol. The summed E-state index contributed by atoms with van der Waals surface area (Å²) in [6, 6.07) is 8.04. The fraction of sp³-hybridized carbons (Fsp3) is 0.500. The summed E-state index contributed by atoms with van der Waals surface area (Å²) in [5.41, 5.74) is 0. The van der Waals surface area contributed by atoms with Crippen molar-refractivity contribution < 1.29 is 4.74 Å². The largest absolute Gasteiger partial charge is 0.493 e. The van der Waals surface area contributed by atoms with Crippen LogP contribution < -0.4 is 4.74 Å². The third-order valence-corrected chi connectivity index (χ3v) is 3.60. The summed E-state index contributed by atoms with van der Waals surface area (Å²) in [7, 11) is 0. The van der Waals surface area contributed by atoms with Gasteiger partial charge in [-0.2, -0.15) is 0 Å². The third-order valence-electron chi connectivity index (χ3n) is 3.08. The van der Waals surface area contributed by atoms with Crippen molar-refractivity contribution in [1.82, 2.24) is 0 Å². The molecule has 14 heavy (non-hydrogen) atoms. The number of hydrogen-bond donors (Lipinski definition) is 0. The Labute approximate surface area is 93.6 Å². The first kappa shape index (κ1) is 10.0. The zero-order chi connectivity index (χ0) is 9.97. The first-order valence-corrected chi connectivity index (χ1v) is 5.93. The standard InChI is InChI=1S/C12H15BrO/c1-9-2-3-10(9)8-14-12-6-4-11(13)5-7-12/h4-7,9-10H,2-3,8H2,1H3/t9-,10-/m1/s1. The molecule has 0 aliphatic heterocycles. The Morgan fingerprint density at radius 3 is 2.50 bits per heavy atom. The lowest BCUT2D eigenvalue weighted by atomic mass is 9.75. The molecule has 0 spiro atoms. The maximum Gasteiger partial charge on any atom is 0.119 e. The molecular weight excluding hydrogens is 240 g/mol. The maximum atomic E-state index is 5.71. The molecule has 1 aromatic rings. The summed E-state index contributed by atoms with van der Waals surface area (Å²) in [6.07, 6.45) is 2.70. The molecule has 1 saturated carbocycles. The third kappa shape index (κ3) is 2.30. The summed E-state index contributed by atoms with van der Waals surface area (Å²) in [6.45, 7) is 3.18. The van der Waals surface area contributed by atoms with E-state index >= 15 is 0 Å². The Morgan fingerprint density at radius 2 is 2.00 bits per heavy atom. The van der Waals surface area contributed by atoms with E-state index in [1.165, 1.54) is 12.8 Å². The first-order valence-electron chi connectivity index (χ1n) is 5.14. The molecular formula is C12H15BrO. The van der Waals surface area contributed by atoms with E-state index in [9.17, 15) is 0 Å². The normalized spacial score (nSPS) is 25.6. The molecule has 0 N–H and O–H groups in total. The zero-order valence-electron chi connectivity index (χ0n) is 8.37. The highest BCUT2D eigenvalue weighted by Crippen LogP contribution is 2.33. The Hall–Kier alpha value is -0.500. The second-order valence-electron chi connectivity index (χ2n) is 4.08. The Balaban J connectivity index is 1.83. The van der Waals surface area contributed by atoms with E-state index in [1.54, 1.807) is 0 Å². The second-order valence-corrected chi connectivity index (χ2v) is 5.00. The van der Waals surface area contributed by atoms with E-state index in [0.29, 0.717) is 0 Å². The molecule has 1 fully saturated rings. The van der Waals surface area contributed by atoms with Gasteiger partial charge in [-0.15, -0.1) is 0 Å². The number of hydrogen-bond acceptors (Lipinski definition) is 1. The van der Waals surface area contributed by atoms with Crippen LogP contribution in [0, 0.1) is 11.8 Å². The van der Waals surface area contributed by atoms with Gasteiger partial charge in [0.25, 0.3) is 0 Å². The lowest BCUT2D eigenvalue weighted by Crippen LogP contribution is -2.28. The molecule has 0 aromatic heterocycles. The van der Waals surface area contributed by atoms with Crippen LogP contribution in [0.1, 0.15) is 19.8 Å². The number of ether oxygens (including phenoxy) is 1. The summed E-state index contributed by atoms with van der Waals surface area (Å²) in [4.78, 5) is 0. The fourth-order valence-electron chi connectivity index (χ4n) is 1.72. The first-order chi connectivity index (χ1) is 6.75. The highest BCUT2D eigenvalue weighted by molar-refractivity contribution is 9.10. The monoisotopic (exact) mass is 254 g/mol. The lowest BCUT2D eigenvalue weighted by molar-refractivity contribution is 0.116. The average molecular weight is 255 g/mol. The van der Waals surface area contributed by atoms with Gasteiger partial charge in [0.05, 0.1) is 6.61 Å². The van der Waals surface area contributed by atoms with Crippen molar-refractivity contribution >= 4 is 15.9 Å². The van der Waals surface area contributed by atoms with E-state index in [4.69, 9.17) is 4.74 Å². The van der Waals surface area contributed by atoms with E-state index in [-0.39, 0.29) is 0 Å². The minimum absolute atomic E-state index is 0.777. The van der Waals surface area contributed by atoms with Crippen LogP contribution in [0.15, 0.2) is 28.7 Å². The van der Waals surface area contributed by atoms with E-state index in [1.807, 2.05) is 24.3 Å². The van der Waals surface area contributed by atoms with Crippen molar-refractivity contribution in [3.63, 3.8) is 0 Å². The molecule has 0 radical (unpaired) electrons. The molecule has 1 nitrogen and oxygen atoms in total. The topological polar surface area (TPSA) is 9.23 Å². The minimum Gasteiger partial charge on any atom is -0.493 e. The Bertz CT molecular complexity index is 294. The molecule has 76 valence electrons. The molecule has 0 heterocycles. The molecule has 2 heteroatoms. The second kappa shape index (κ2) is 4.35. The predicted octanol–water partition coefficient (Wildman–Crippen LogP) is 3.87. The zero-order valence-corrected chi connectivity index (χ0v) is 9.96. The number of halogens is 1. The van der Waals surface area contributed by atoms with Crippen LogP contribution in [0.3, 0.4) is 0 Å². The van der Waals surface area contributed by atoms with Crippen molar-refractivity contribution in [2.45, 2.75) is 19.8 Å². The molecule has 0 amide bonds. The molecule has 2 atom stereocenters. The van der Waals surface area contributed by atoms with Gasteiger partial charge in [0, 0.05) is 4.47 Å². The van der Waals surface area contributed by atoms with E-state index in [0.717, 1.165) is 28.7 Å². The van der Waals surface area contributed by atoms with Gasteiger partial charge >= 0.3 is 0 Å². The number of benzene rings is 1. The minimum atomic E-state index is 0.777. The van der Waals surface area contributed by atoms with Crippen LogP contribution in [0.5, 0.6) is 5.75 Å². The Morgan fingerprint density at radius 1 is 1.29 bits per heavy atom. The van der Waals surface area contributed by atoms with E-state index < -0.39 is 0 Å². The van der Waals surface area contributed by atoms with Gasteiger partial charge in [-0.05, 0) is 48.9 Å². The molecule has 0 saturated heterocycles. The average Bonchev–Trinajstić information content (AvgIpc) is 2.19. The van der Waals surface area contributed by atoms with Gasteiger partial charge in [-0.25, -0.2) is 0 Å². The van der Waals surface area contributed by atoms with Crippen LogP contribution in [0.4, 0.5) is 0 Å². The fourth-order valence-corrected chi connectivity index (χ4v) is 1.98. The van der Waals surface area contributed by atoms with Crippen molar-refractivity contribution in [2.24, 2.45) is 11.8 Å². The number of rotatable bonds is 3. The molecule has 2 rings (SSSR count). The molecule has 0 unspecified atom stereocenters. The van der Waals surface area contributed by atoms with Crippen LogP contribution in [0.25, 0.3) is 0 Å². The van der Waals surface area contributed by atoms with Crippen molar-refractivity contribution in [2.75, 3.05) is 6.61 Å². The quantitative estimate of drug-likeness (QED) is 0.796. The summed E-state index contributed by atoms with van der Waals surface area (Å²) in [5.74, 6) is 2.61. The van der Waals surface area contributed by atoms with Crippen LogP contribution >= 0.6 is 15.9 Å². The van der Waals surface area contributed by atoms with E-state index in [2.05, 4.69) is 22.9 Å². The van der Waals surface area contributed by atoms with Crippen LogP contribution in [-0.4, -0.2) is 6.61 Å². The Kier molecular flexibility index (Phi) is 3.12. The molecule has 0 bridgehead atoms. The summed E-state index contributed by atoms with van der Waals surface area (Å²) in [5, 5.41) is 0. The van der Waals surface area contributed by atoms with Gasteiger partial charge in [-0.1, -0.05) is 22.9 Å². The highest BCUT2D eigenvalue weighted by Gasteiger charge is 2.26. The van der Waals surface area contributed by atoms with Gasteiger partial charge in [0.2, 0.25) is 0 Å². The van der Waals surface area contributed by atoms with Crippen molar-refractivity contribution in [3.8, 4) is 5.75 Å². The van der Waals surface area contributed by atoms with Gasteiger partial charge in [0.15, 0.2) is 0 Å². The van der Waals surface area contributed by atoms with Gasteiger partial charge < -0.3 is 4.74 Å². The van der Waals surface area contributed by atoms with Crippen LogP contribution in [0.2, 0.25) is 0 Å².